The fourth-order valence-electron chi connectivity index (χ4n) is 8.98. The lowest BCUT2D eigenvalue weighted by molar-refractivity contribution is 0.669. The van der Waals surface area contributed by atoms with E-state index in [1.807, 2.05) is 12.1 Å². The van der Waals surface area contributed by atoms with E-state index in [1.165, 1.54) is 21.5 Å². The van der Waals surface area contributed by atoms with Crippen molar-refractivity contribution in [3.8, 4) is 16.8 Å². The summed E-state index contributed by atoms with van der Waals surface area (Å²) in [7, 11) is 0. The van der Waals surface area contributed by atoms with Crippen LogP contribution in [0.25, 0.3) is 93.3 Å². The highest BCUT2D eigenvalue weighted by atomic mass is 16.3. The molecule has 0 aliphatic heterocycles. The van der Waals surface area contributed by atoms with Gasteiger partial charge < -0.3 is 18.3 Å². The van der Waals surface area contributed by atoms with Crippen molar-refractivity contribution in [2.24, 2.45) is 0 Å². The van der Waals surface area contributed by atoms with Crippen LogP contribution in [-0.2, 0) is 0 Å². The summed E-state index contributed by atoms with van der Waals surface area (Å²) in [6.45, 7) is 0. The lowest BCUT2D eigenvalue weighted by Gasteiger charge is -2.27. The number of hydrogen-bond donors (Lipinski definition) is 0. The van der Waals surface area contributed by atoms with E-state index < -0.39 is 0 Å². The predicted octanol–water partition coefficient (Wildman–Crippen LogP) is 14.9. The lowest BCUT2D eigenvalue weighted by Crippen LogP contribution is -2.10. The molecular formula is C52H32N2O2. The maximum absolute atomic E-state index is 6.72. The van der Waals surface area contributed by atoms with Gasteiger partial charge in [0.15, 0.2) is 0 Å². The quantitative estimate of drug-likeness (QED) is 0.178. The first-order valence-electron chi connectivity index (χ1n) is 19.0. The van der Waals surface area contributed by atoms with Gasteiger partial charge in [-0.2, -0.15) is 0 Å². The maximum atomic E-state index is 6.72. The van der Waals surface area contributed by atoms with Gasteiger partial charge in [0, 0.05) is 72.0 Å². The van der Waals surface area contributed by atoms with Crippen molar-refractivity contribution in [2.75, 3.05) is 4.90 Å². The molecule has 0 aliphatic carbocycles. The third kappa shape index (κ3) is 4.47. The summed E-state index contributed by atoms with van der Waals surface area (Å²) in [5.74, 6) is 0. The molecule has 56 heavy (non-hydrogen) atoms. The second-order valence-corrected chi connectivity index (χ2v) is 14.4. The topological polar surface area (TPSA) is 34.5 Å². The summed E-state index contributed by atoms with van der Waals surface area (Å²) >= 11 is 0. The summed E-state index contributed by atoms with van der Waals surface area (Å²) in [5, 5.41) is 9.13. The normalized spacial score (nSPS) is 11.9. The zero-order valence-corrected chi connectivity index (χ0v) is 30.2. The van der Waals surface area contributed by atoms with E-state index in [0.29, 0.717) is 0 Å². The summed E-state index contributed by atoms with van der Waals surface area (Å²) in [6, 6.07) is 68.8. The number of fused-ring (bicyclic) bond motifs is 10. The molecule has 3 aromatic heterocycles. The largest absolute Gasteiger partial charge is 0.456 e. The molecule has 0 aliphatic rings. The Morgan fingerprint density at radius 1 is 0.393 bits per heavy atom. The standard InChI is InChI=1S/C52H32N2O2/c1-2-16-34(17-3-1)53(43-25-12-15-33-14-4-5-18-37(33)43)35-28-30-36(31-29-35)54-44-24-9-6-20-40(44)49-45(54)32-48-50(41-21-8-11-27-47(41)55-48)51(49)42-23-13-22-39-38-19-7-10-26-46(38)56-52(39)42/h1-32H. The molecule has 4 heteroatoms. The van der Waals surface area contributed by atoms with Gasteiger partial charge >= 0.3 is 0 Å². The van der Waals surface area contributed by atoms with Gasteiger partial charge in [-0.3, -0.25) is 0 Å². The third-order valence-electron chi connectivity index (χ3n) is 11.4. The molecule has 12 aromatic rings. The Hall–Kier alpha value is -7.56. The van der Waals surface area contributed by atoms with E-state index in [9.17, 15) is 0 Å². The Bertz CT molecular complexity index is 3470. The Balaban J connectivity index is 1.13. The van der Waals surface area contributed by atoms with Crippen molar-refractivity contribution in [1.82, 2.24) is 4.57 Å². The van der Waals surface area contributed by atoms with Crippen LogP contribution in [0.5, 0.6) is 0 Å². The van der Waals surface area contributed by atoms with E-state index in [-0.39, 0.29) is 0 Å². The molecule has 262 valence electrons. The first-order valence-corrected chi connectivity index (χ1v) is 19.0. The molecule has 0 saturated carbocycles. The van der Waals surface area contributed by atoms with Crippen LogP contribution in [0.2, 0.25) is 0 Å². The van der Waals surface area contributed by atoms with Crippen molar-refractivity contribution in [3.63, 3.8) is 0 Å². The van der Waals surface area contributed by atoms with Crippen molar-refractivity contribution >= 4 is 93.5 Å². The number of benzene rings is 9. The second-order valence-electron chi connectivity index (χ2n) is 14.4. The molecular weight excluding hydrogens is 685 g/mol. The minimum Gasteiger partial charge on any atom is -0.456 e. The van der Waals surface area contributed by atoms with Gasteiger partial charge in [-0.15, -0.1) is 0 Å². The van der Waals surface area contributed by atoms with Crippen molar-refractivity contribution in [1.29, 1.82) is 0 Å². The van der Waals surface area contributed by atoms with Gasteiger partial charge in [0.05, 0.1) is 16.7 Å². The molecule has 0 fully saturated rings. The molecule has 4 nitrogen and oxygen atoms in total. The first kappa shape index (κ1) is 30.9. The highest BCUT2D eigenvalue weighted by molar-refractivity contribution is 6.29. The SMILES string of the molecule is c1ccc(N(c2ccc(-n3c4ccccc4c4c(-c5cccc6c5oc5ccccc56)c5c(cc43)oc3ccccc35)cc2)c2cccc3ccccc23)cc1. The van der Waals surface area contributed by atoms with Crippen LogP contribution in [0.4, 0.5) is 17.1 Å². The minimum atomic E-state index is 0.841. The summed E-state index contributed by atoms with van der Waals surface area (Å²) in [5.41, 5.74) is 12.2. The number of nitrogens with zero attached hydrogens (tertiary/aromatic N) is 2. The number of hydrogen-bond acceptors (Lipinski definition) is 3. The minimum absolute atomic E-state index is 0.841. The molecule has 12 rings (SSSR count). The Kier molecular flexibility index (Phi) is 6.60. The monoisotopic (exact) mass is 716 g/mol. The van der Waals surface area contributed by atoms with Crippen LogP contribution in [0.15, 0.2) is 203 Å². The van der Waals surface area contributed by atoms with Gasteiger partial charge in [-0.25, -0.2) is 0 Å². The Morgan fingerprint density at radius 3 is 1.86 bits per heavy atom. The van der Waals surface area contributed by atoms with E-state index in [1.54, 1.807) is 0 Å². The van der Waals surface area contributed by atoms with E-state index in [2.05, 4.69) is 191 Å². The van der Waals surface area contributed by atoms with Gasteiger partial charge in [-0.05, 0) is 66.0 Å². The lowest BCUT2D eigenvalue weighted by atomic mass is 9.93. The van der Waals surface area contributed by atoms with Crippen molar-refractivity contribution in [2.45, 2.75) is 0 Å². The van der Waals surface area contributed by atoms with Crippen LogP contribution in [-0.4, -0.2) is 4.57 Å². The van der Waals surface area contributed by atoms with E-state index in [0.717, 1.165) is 88.8 Å². The molecule has 0 radical (unpaired) electrons. The smallest absolute Gasteiger partial charge is 0.143 e. The molecule has 3 heterocycles. The Labute approximate surface area is 321 Å². The number of aromatic nitrogens is 1. The van der Waals surface area contributed by atoms with E-state index in [4.69, 9.17) is 8.83 Å². The molecule has 0 N–H and O–H groups in total. The predicted molar refractivity (Wildman–Crippen MR) is 233 cm³/mol. The molecule has 9 aromatic carbocycles. The summed E-state index contributed by atoms with van der Waals surface area (Å²) in [4.78, 5) is 2.35. The maximum Gasteiger partial charge on any atom is 0.143 e. The highest BCUT2D eigenvalue weighted by Crippen LogP contribution is 2.49. The average molecular weight is 717 g/mol. The number of rotatable bonds is 5. The third-order valence-corrected chi connectivity index (χ3v) is 11.4. The average Bonchev–Trinajstić information content (AvgIpc) is 3.93. The van der Waals surface area contributed by atoms with E-state index >= 15 is 0 Å². The fraction of sp³-hybridized carbons (Fsp3) is 0. The second kappa shape index (κ2) is 12.0. The summed E-state index contributed by atoms with van der Waals surface area (Å²) in [6.07, 6.45) is 0. The molecule has 0 spiro atoms. The molecule has 0 unspecified atom stereocenters. The molecule has 0 saturated heterocycles. The number of furan rings is 2. The molecule has 0 bridgehead atoms. The van der Waals surface area contributed by atoms with Crippen LogP contribution >= 0.6 is 0 Å². The van der Waals surface area contributed by atoms with Gasteiger partial charge in [0.2, 0.25) is 0 Å². The van der Waals surface area contributed by atoms with Gasteiger partial charge in [-0.1, -0.05) is 127 Å². The van der Waals surface area contributed by atoms with Crippen molar-refractivity contribution in [3.05, 3.63) is 194 Å². The summed E-state index contributed by atoms with van der Waals surface area (Å²) < 4.78 is 15.8. The van der Waals surface area contributed by atoms with Crippen LogP contribution in [0, 0.1) is 0 Å². The zero-order valence-electron chi connectivity index (χ0n) is 30.2. The van der Waals surface area contributed by atoms with Crippen LogP contribution in [0.1, 0.15) is 0 Å². The molecule has 0 atom stereocenters. The van der Waals surface area contributed by atoms with Gasteiger partial charge in [0.25, 0.3) is 0 Å². The van der Waals surface area contributed by atoms with Crippen molar-refractivity contribution < 1.29 is 8.83 Å². The zero-order chi connectivity index (χ0) is 36.7. The number of anilines is 3. The highest BCUT2D eigenvalue weighted by Gasteiger charge is 2.25. The fourth-order valence-corrected chi connectivity index (χ4v) is 8.98. The van der Waals surface area contributed by atoms with Gasteiger partial charge in [0.1, 0.15) is 22.3 Å². The van der Waals surface area contributed by atoms with Crippen LogP contribution in [0.3, 0.4) is 0 Å². The Morgan fingerprint density at radius 2 is 1.02 bits per heavy atom. The van der Waals surface area contributed by atoms with Crippen LogP contribution < -0.4 is 4.90 Å². The first-order chi connectivity index (χ1) is 27.8. The number of para-hydroxylation sites is 5. The molecule has 0 amide bonds.